The lowest BCUT2D eigenvalue weighted by Crippen LogP contribution is -2.20. The van der Waals surface area contributed by atoms with Gasteiger partial charge >= 0.3 is 0 Å². The first kappa shape index (κ1) is 55.9. The van der Waals surface area contributed by atoms with Crippen LogP contribution in [0.25, 0.3) is 0 Å². The van der Waals surface area contributed by atoms with Crippen LogP contribution < -0.4 is 14.5 Å². The number of anilines is 6. The van der Waals surface area contributed by atoms with E-state index >= 15 is 0 Å². The number of nitrogens with zero attached hydrogens (tertiary/aromatic N) is 2. The van der Waals surface area contributed by atoms with E-state index < -0.39 is 8.07 Å². The zero-order chi connectivity index (χ0) is 55.5. The van der Waals surface area contributed by atoms with E-state index in [0.717, 1.165) is 99.1 Å². The normalized spacial score (nSPS) is 16.2. The highest BCUT2D eigenvalue weighted by Gasteiger charge is 2.56. The molecule has 0 amide bonds. The highest BCUT2D eigenvalue weighted by molar-refractivity contribution is 6.91. The Balaban J connectivity index is 1.03. The van der Waals surface area contributed by atoms with E-state index in [-0.39, 0.29) is 5.41 Å². The van der Waals surface area contributed by atoms with Gasteiger partial charge in [-0.3, -0.25) is 0 Å². The molecule has 1 fully saturated rings. The van der Waals surface area contributed by atoms with Gasteiger partial charge in [0, 0.05) is 52.4 Å². The lowest BCUT2D eigenvalue weighted by Gasteiger charge is -2.29. The van der Waals surface area contributed by atoms with E-state index in [4.69, 9.17) is 4.74 Å². The van der Waals surface area contributed by atoms with E-state index in [1.165, 1.54) is 50.6 Å². The Kier molecular flexibility index (Phi) is 16.9. The van der Waals surface area contributed by atoms with Crippen molar-refractivity contribution in [2.75, 3.05) is 16.4 Å². The molecule has 404 valence electrons. The second-order valence-electron chi connectivity index (χ2n) is 24.8. The van der Waals surface area contributed by atoms with Gasteiger partial charge in [-0.05, 0) is 222 Å². The molecule has 8 aromatic carbocycles. The molecule has 0 aliphatic carbocycles. The molecule has 78 heavy (non-hydrogen) atoms. The van der Waals surface area contributed by atoms with E-state index in [1.807, 2.05) is 0 Å². The maximum atomic E-state index is 12.5. The minimum absolute atomic E-state index is 0.356. The van der Waals surface area contributed by atoms with Gasteiger partial charge in [0.1, 0.15) is 11.5 Å². The van der Waals surface area contributed by atoms with Gasteiger partial charge < -0.3 is 19.6 Å². The van der Waals surface area contributed by atoms with Gasteiger partial charge in [-0.25, -0.2) is 0 Å². The summed E-state index contributed by atoms with van der Waals surface area (Å²) in [6, 6.07) is 64.1. The standard InChI is InChI=1S/C73H86N2O2Si/c1-49(2)41-57-17-29-65(30-18-57)74(69-27-15-51(5)53(7)43-69)67-33-21-59(22-34-67)45-61-47-64(73(11,12)63-25-37-71(38-26-63)77-39-14-40-78(13)55(9)56(78)10)48-62(72(61)76)46-60-23-35-68(36-24-60)75(70-28-16-52(6)54(8)44-70)66-31-19-58(20-32-66)42-50(3)4/h15-38,43-44,47-50,55-56,76H,14,39-42,45-46H2,1-13H3. The summed E-state index contributed by atoms with van der Waals surface area (Å²) in [5, 5.41) is 12.5. The predicted octanol–water partition coefficient (Wildman–Crippen LogP) is 20.1. The summed E-state index contributed by atoms with van der Waals surface area (Å²) in [5.41, 5.74) is 22.5. The van der Waals surface area contributed by atoms with Crippen molar-refractivity contribution in [1.82, 2.24) is 0 Å². The molecule has 0 aromatic heterocycles. The molecule has 1 heterocycles. The Morgan fingerprint density at radius 1 is 0.474 bits per heavy atom. The number of hydrogen-bond acceptors (Lipinski definition) is 4. The minimum atomic E-state index is -1.07. The Morgan fingerprint density at radius 3 is 1.21 bits per heavy atom. The highest BCUT2D eigenvalue weighted by atomic mass is 28.3. The lowest BCUT2D eigenvalue weighted by molar-refractivity contribution is 0.316. The van der Waals surface area contributed by atoms with Gasteiger partial charge in [-0.2, -0.15) is 0 Å². The van der Waals surface area contributed by atoms with Crippen molar-refractivity contribution in [3.8, 4) is 11.5 Å². The molecule has 0 saturated carbocycles. The first-order chi connectivity index (χ1) is 37.3. The monoisotopic (exact) mass is 1050 g/mol. The van der Waals surface area contributed by atoms with Gasteiger partial charge in [-0.1, -0.05) is 153 Å². The highest BCUT2D eigenvalue weighted by Crippen LogP contribution is 2.61. The number of rotatable bonds is 21. The quantitative estimate of drug-likeness (QED) is 0.0575. The summed E-state index contributed by atoms with van der Waals surface area (Å²) in [7, 11) is -1.07. The molecule has 4 nitrogen and oxygen atoms in total. The van der Waals surface area contributed by atoms with E-state index in [1.54, 1.807) is 0 Å². The fraction of sp³-hybridized carbons (Fsp3) is 0.342. The van der Waals surface area contributed by atoms with Crippen molar-refractivity contribution >= 4 is 42.2 Å². The van der Waals surface area contributed by atoms with Crippen LogP contribution in [0.3, 0.4) is 0 Å². The largest absolute Gasteiger partial charge is 0.507 e. The smallest absolute Gasteiger partial charge is 0.122 e. The third kappa shape index (κ3) is 12.7. The Morgan fingerprint density at radius 2 is 0.846 bits per heavy atom. The van der Waals surface area contributed by atoms with E-state index in [2.05, 4.69) is 269 Å². The second kappa shape index (κ2) is 23.6. The molecule has 1 N–H and O–H groups in total. The van der Waals surface area contributed by atoms with Gasteiger partial charge in [0.25, 0.3) is 0 Å². The number of phenols is 1. The van der Waals surface area contributed by atoms with Crippen molar-refractivity contribution in [2.45, 2.75) is 144 Å². The zero-order valence-corrected chi connectivity index (χ0v) is 50.2. The summed E-state index contributed by atoms with van der Waals surface area (Å²) in [5.74, 6) is 2.47. The summed E-state index contributed by atoms with van der Waals surface area (Å²) in [4.78, 5) is 4.72. The molecule has 9 rings (SSSR count). The number of benzene rings is 8. The second-order valence-corrected chi connectivity index (χ2v) is 30.1. The van der Waals surface area contributed by atoms with Crippen LogP contribution in [0.2, 0.25) is 23.7 Å². The SMILES string of the molecule is Cc1ccc(N(c2ccc(Cc3cc(C(C)(C)c4ccc(OCCC[Si]5(C)C(C)C5C)cc4)cc(Cc4ccc(N(c5ccc(CC(C)C)cc5)c5ccc(C)c(C)c5)cc4)c3O)cc2)c2ccc(CC(C)C)cc2)cc1C. The van der Waals surface area contributed by atoms with Crippen LogP contribution in [0.4, 0.5) is 34.1 Å². The molecule has 2 unspecified atom stereocenters. The molecule has 0 radical (unpaired) electrons. The third-order valence-corrected chi connectivity index (χ3v) is 24.0. The number of aromatic hydroxyl groups is 1. The Hall–Kier alpha value is -6.82. The summed E-state index contributed by atoms with van der Waals surface area (Å²) in [6.45, 7) is 30.7. The number of hydrogen-bond donors (Lipinski definition) is 1. The maximum absolute atomic E-state index is 12.5. The molecule has 5 heteroatoms. The van der Waals surface area contributed by atoms with E-state index in [0.29, 0.717) is 30.4 Å². The fourth-order valence-corrected chi connectivity index (χ4v) is 16.6. The zero-order valence-electron chi connectivity index (χ0n) is 49.2. The minimum Gasteiger partial charge on any atom is -0.507 e. The van der Waals surface area contributed by atoms with Crippen LogP contribution in [0.1, 0.15) is 129 Å². The molecule has 8 aromatic rings. The van der Waals surface area contributed by atoms with Gasteiger partial charge in [0.15, 0.2) is 0 Å². The fourth-order valence-electron chi connectivity index (χ4n) is 11.8. The predicted molar refractivity (Wildman–Crippen MR) is 336 cm³/mol. The van der Waals surface area contributed by atoms with Crippen LogP contribution in [-0.4, -0.2) is 19.8 Å². The molecule has 0 spiro atoms. The molecule has 1 aliphatic heterocycles. The van der Waals surface area contributed by atoms with Crippen LogP contribution in [0.5, 0.6) is 11.5 Å². The molecule has 0 bridgehead atoms. The van der Waals surface area contributed by atoms with Crippen molar-refractivity contribution in [2.24, 2.45) is 11.8 Å². The van der Waals surface area contributed by atoms with Crippen molar-refractivity contribution in [1.29, 1.82) is 0 Å². The lowest BCUT2D eigenvalue weighted by atomic mass is 9.76. The van der Waals surface area contributed by atoms with Gasteiger partial charge in [-0.15, -0.1) is 0 Å². The first-order valence-corrected chi connectivity index (χ1v) is 31.8. The third-order valence-electron chi connectivity index (χ3n) is 17.8. The Labute approximate surface area is 470 Å². The molecular formula is C73H86N2O2Si. The molecule has 1 saturated heterocycles. The molecular weight excluding hydrogens is 965 g/mol. The van der Waals surface area contributed by atoms with Crippen molar-refractivity contribution in [3.63, 3.8) is 0 Å². The molecule has 1 aliphatic rings. The van der Waals surface area contributed by atoms with Crippen LogP contribution in [-0.2, 0) is 31.1 Å². The van der Waals surface area contributed by atoms with Crippen molar-refractivity contribution in [3.05, 3.63) is 237 Å². The number of aryl methyl sites for hydroxylation is 4. The van der Waals surface area contributed by atoms with Crippen LogP contribution >= 0.6 is 0 Å². The van der Waals surface area contributed by atoms with Gasteiger partial charge in [0.2, 0.25) is 0 Å². The summed E-state index contributed by atoms with van der Waals surface area (Å²) < 4.78 is 6.34. The number of phenolic OH excluding ortho intramolecular Hbond substituents is 1. The Bertz CT molecular complexity index is 3120. The average Bonchev–Trinajstić information content (AvgIpc) is 4.11. The molecule has 2 atom stereocenters. The number of ether oxygens (including phenoxy) is 1. The first-order valence-electron chi connectivity index (χ1n) is 29.0. The van der Waals surface area contributed by atoms with E-state index in [9.17, 15) is 5.11 Å². The summed E-state index contributed by atoms with van der Waals surface area (Å²) >= 11 is 0. The summed E-state index contributed by atoms with van der Waals surface area (Å²) in [6.07, 6.45) is 4.41. The van der Waals surface area contributed by atoms with Crippen LogP contribution in [0.15, 0.2) is 170 Å². The average molecular weight is 1050 g/mol. The van der Waals surface area contributed by atoms with Crippen molar-refractivity contribution < 1.29 is 9.84 Å². The van der Waals surface area contributed by atoms with Gasteiger partial charge in [0.05, 0.1) is 14.7 Å². The maximum Gasteiger partial charge on any atom is 0.122 e. The topological polar surface area (TPSA) is 35.9 Å². The van der Waals surface area contributed by atoms with Crippen LogP contribution in [0, 0.1) is 39.5 Å².